The number of benzene rings is 2. The standard InChI is InChI=1S/C31H39F2N3O3/c1-3-13-36(14-4-2)29(38)24-11-8-12-31(19-24,30(34)39)27(17-23-15-25(32)18-26(33)16-23)28(37)21-35-20-22-9-6-5-7-10-22/h5-12,15-16,18,27-28,35,37H,3-4,13-14,17,19-21H2,1-2H3,(H2,34,39)/t27-,28+,31?/m1/s1. The highest BCUT2D eigenvalue weighted by atomic mass is 19.1. The van der Waals surface area contributed by atoms with Gasteiger partial charge in [0.25, 0.3) is 0 Å². The molecule has 0 saturated carbocycles. The molecular formula is C31H39F2N3O3. The summed E-state index contributed by atoms with van der Waals surface area (Å²) in [6.45, 7) is 5.72. The Morgan fingerprint density at radius 3 is 2.28 bits per heavy atom. The molecule has 2 aromatic rings. The highest BCUT2D eigenvalue weighted by Gasteiger charge is 2.47. The topological polar surface area (TPSA) is 95.7 Å². The average molecular weight is 540 g/mol. The molecule has 2 aromatic carbocycles. The second-order valence-corrected chi connectivity index (χ2v) is 10.2. The number of aliphatic hydroxyl groups is 1. The molecule has 0 aromatic heterocycles. The Bertz CT molecular complexity index is 1160. The number of aliphatic hydroxyl groups excluding tert-OH is 1. The summed E-state index contributed by atoms with van der Waals surface area (Å²) >= 11 is 0. The molecule has 6 nitrogen and oxygen atoms in total. The number of nitrogens with one attached hydrogen (secondary N) is 1. The number of nitrogens with two attached hydrogens (primary N) is 1. The summed E-state index contributed by atoms with van der Waals surface area (Å²) < 4.78 is 28.2. The van der Waals surface area contributed by atoms with Gasteiger partial charge in [-0.05, 0) is 48.9 Å². The van der Waals surface area contributed by atoms with Gasteiger partial charge in [0, 0.05) is 43.7 Å². The van der Waals surface area contributed by atoms with Crippen molar-refractivity contribution in [2.75, 3.05) is 19.6 Å². The van der Waals surface area contributed by atoms with Gasteiger partial charge in [-0.15, -0.1) is 0 Å². The summed E-state index contributed by atoms with van der Waals surface area (Å²) in [6.07, 6.45) is 5.35. The minimum absolute atomic E-state index is 0.0141. The SMILES string of the molecule is CCCN(CCC)C(=O)C1=CC=CC(C(N)=O)([C@H](Cc2cc(F)cc(F)c2)[C@@H](O)CNCc2ccccc2)C1. The molecule has 210 valence electrons. The van der Waals surface area contributed by atoms with Crippen LogP contribution in [0.4, 0.5) is 8.78 Å². The Morgan fingerprint density at radius 1 is 1.05 bits per heavy atom. The number of primary amides is 1. The molecule has 0 aliphatic heterocycles. The van der Waals surface area contributed by atoms with Crippen LogP contribution in [0.25, 0.3) is 0 Å². The maximum absolute atomic E-state index is 14.1. The van der Waals surface area contributed by atoms with E-state index in [0.29, 0.717) is 25.2 Å². The van der Waals surface area contributed by atoms with Crippen molar-refractivity contribution in [1.29, 1.82) is 0 Å². The lowest BCUT2D eigenvalue weighted by molar-refractivity contribution is -0.132. The van der Waals surface area contributed by atoms with Gasteiger partial charge >= 0.3 is 0 Å². The Balaban J connectivity index is 1.93. The van der Waals surface area contributed by atoms with Crippen molar-refractivity contribution in [3.05, 3.63) is 95.1 Å². The Labute approximate surface area is 229 Å². The van der Waals surface area contributed by atoms with Crippen LogP contribution in [0.15, 0.2) is 72.3 Å². The lowest BCUT2D eigenvalue weighted by Gasteiger charge is -2.41. The summed E-state index contributed by atoms with van der Waals surface area (Å²) in [4.78, 5) is 28.4. The van der Waals surface area contributed by atoms with E-state index in [1.54, 1.807) is 23.1 Å². The zero-order valence-electron chi connectivity index (χ0n) is 22.7. The van der Waals surface area contributed by atoms with Crippen molar-refractivity contribution in [2.45, 2.75) is 52.2 Å². The molecule has 1 unspecified atom stereocenters. The number of amides is 2. The Morgan fingerprint density at radius 2 is 1.69 bits per heavy atom. The number of halogens is 2. The third-order valence-electron chi connectivity index (χ3n) is 7.21. The minimum Gasteiger partial charge on any atom is -0.391 e. The molecule has 0 saturated heterocycles. The molecule has 1 aliphatic rings. The van der Waals surface area contributed by atoms with E-state index in [4.69, 9.17) is 5.73 Å². The van der Waals surface area contributed by atoms with Gasteiger partial charge in [0.2, 0.25) is 11.8 Å². The molecule has 39 heavy (non-hydrogen) atoms. The van der Waals surface area contributed by atoms with Gasteiger partial charge < -0.3 is 21.1 Å². The summed E-state index contributed by atoms with van der Waals surface area (Å²) in [5.41, 5.74) is 6.28. The molecule has 1 aliphatic carbocycles. The van der Waals surface area contributed by atoms with Crippen LogP contribution >= 0.6 is 0 Å². The summed E-state index contributed by atoms with van der Waals surface area (Å²) in [7, 11) is 0. The molecule has 0 fully saturated rings. The third-order valence-corrected chi connectivity index (χ3v) is 7.21. The van der Waals surface area contributed by atoms with Crippen molar-refractivity contribution in [3.8, 4) is 0 Å². The monoisotopic (exact) mass is 539 g/mol. The van der Waals surface area contributed by atoms with E-state index in [1.165, 1.54) is 12.1 Å². The first-order valence-corrected chi connectivity index (χ1v) is 13.5. The fraction of sp³-hybridized carbons (Fsp3) is 0.419. The van der Waals surface area contributed by atoms with E-state index < -0.39 is 35.0 Å². The number of allylic oxidation sites excluding steroid dienone is 2. The fourth-order valence-corrected chi connectivity index (χ4v) is 5.33. The molecule has 3 rings (SSSR count). The first-order valence-electron chi connectivity index (χ1n) is 13.5. The molecule has 3 atom stereocenters. The maximum atomic E-state index is 14.1. The number of hydrogen-bond donors (Lipinski definition) is 3. The molecule has 0 bridgehead atoms. The fourth-order valence-electron chi connectivity index (χ4n) is 5.33. The van der Waals surface area contributed by atoms with E-state index in [-0.39, 0.29) is 30.9 Å². The number of carbonyl (C=O) groups is 2. The van der Waals surface area contributed by atoms with E-state index in [9.17, 15) is 23.5 Å². The van der Waals surface area contributed by atoms with Crippen molar-refractivity contribution < 1.29 is 23.5 Å². The number of nitrogens with zero attached hydrogens (tertiary/aromatic N) is 1. The zero-order chi connectivity index (χ0) is 28.4. The quantitative estimate of drug-likeness (QED) is 0.334. The van der Waals surface area contributed by atoms with Crippen LogP contribution in [0.1, 0.15) is 44.2 Å². The van der Waals surface area contributed by atoms with Crippen LogP contribution in [0.5, 0.6) is 0 Å². The lowest BCUT2D eigenvalue weighted by atomic mass is 9.64. The molecule has 0 radical (unpaired) electrons. The first-order chi connectivity index (χ1) is 18.7. The van der Waals surface area contributed by atoms with Gasteiger partial charge in [-0.2, -0.15) is 0 Å². The summed E-state index contributed by atoms with van der Waals surface area (Å²) in [5.74, 6) is -3.26. The summed E-state index contributed by atoms with van der Waals surface area (Å²) in [5, 5.41) is 14.7. The minimum atomic E-state index is -1.44. The van der Waals surface area contributed by atoms with Crippen molar-refractivity contribution >= 4 is 11.8 Å². The van der Waals surface area contributed by atoms with Gasteiger partial charge in [-0.1, -0.05) is 62.4 Å². The number of rotatable bonds is 14. The maximum Gasteiger partial charge on any atom is 0.249 e. The van der Waals surface area contributed by atoms with E-state index >= 15 is 0 Å². The lowest BCUT2D eigenvalue weighted by Crippen LogP contribution is -2.51. The second kappa shape index (κ2) is 14.1. The Kier molecular flexibility index (Phi) is 10.9. The van der Waals surface area contributed by atoms with Crippen LogP contribution in [0.2, 0.25) is 0 Å². The third kappa shape index (κ3) is 7.83. The Hall–Kier alpha value is -3.36. The highest BCUT2D eigenvalue weighted by molar-refractivity contribution is 5.96. The normalized spacial score (nSPS) is 18.3. The molecule has 2 amide bonds. The number of hydrogen-bond acceptors (Lipinski definition) is 4. The van der Waals surface area contributed by atoms with Gasteiger partial charge in [0.15, 0.2) is 0 Å². The average Bonchev–Trinajstić information content (AvgIpc) is 2.91. The predicted octanol–water partition coefficient (Wildman–Crippen LogP) is 4.28. The molecule has 4 N–H and O–H groups in total. The van der Waals surface area contributed by atoms with Crippen molar-refractivity contribution in [2.24, 2.45) is 17.1 Å². The number of carbonyl (C=O) groups excluding carboxylic acids is 2. The molecule has 0 heterocycles. The van der Waals surface area contributed by atoms with Crippen LogP contribution in [-0.2, 0) is 22.6 Å². The smallest absolute Gasteiger partial charge is 0.249 e. The second-order valence-electron chi connectivity index (χ2n) is 10.2. The summed E-state index contributed by atoms with van der Waals surface area (Å²) in [6, 6.07) is 12.8. The van der Waals surface area contributed by atoms with Crippen molar-refractivity contribution in [3.63, 3.8) is 0 Å². The molecule has 0 spiro atoms. The van der Waals surface area contributed by atoms with Crippen LogP contribution in [0, 0.1) is 23.0 Å². The molecular weight excluding hydrogens is 500 g/mol. The van der Waals surface area contributed by atoms with Gasteiger partial charge in [0.1, 0.15) is 11.6 Å². The van der Waals surface area contributed by atoms with Gasteiger partial charge in [-0.25, -0.2) is 8.78 Å². The van der Waals surface area contributed by atoms with Crippen LogP contribution in [0.3, 0.4) is 0 Å². The first kappa shape index (κ1) is 30.2. The van der Waals surface area contributed by atoms with E-state index in [2.05, 4.69) is 5.32 Å². The van der Waals surface area contributed by atoms with E-state index in [0.717, 1.165) is 24.5 Å². The largest absolute Gasteiger partial charge is 0.391 e. The zero-order valence-corrected chi connectivity index (χ0v) is 22.7. The van der Waals surface area contributed by atoms with Gasteiger partial charge in [-0.3, -0.25) is 9.59 Å². The van der Waals surface area contributed by atoms with Crippen molar-refractivity contribution in [1.82, 2.24) is 10.2 Å². The van der Waals surface area contributed by atoms with Crippen LogP contribution in [-0.4, -0.2) is 47.6 Å². The highest BCUT2D eigenvalue weighted by Crippen LogP contribution is 2.43. The predicted molar refractivity (Wildman–Crippen MR) is 148 cm³/mol. The van der Waals surface area contributed by atoms with Gasteiger partial charge in [0.05, 0.1) is 11.5 Å². The van der Waals surface area contributed by atoms with E-state index in [1.807, 2.05) is 44.2 Å². The van der Waals surface area contributed by atoms with Crippen LogP contribution < -0.4 is 11.1 Å². The molecule has 8 heteroatoms.